The van der Waals surface area contributed by atoms with Gasteiger partial charge in [-0.05, 0) is 6.07 Å². The van der Waals surface area contributed by atoms with Crippen LogP contribution in [0.2, 0.25) is 0 Å². The van der Waals surface area contributed by atoms with Crippen molar-refractivity contribution < 1.29 is 22.0 Å². The second kappa shape index (κ2) is 6.20. The molecule has 3 nitrogen and oxygen atoms in total. The van der Waals surface area contributed by atoms with E-state index in [9.17, 15) is 22.0 Å². The van der Waals surface area contributed by atoms with Crippen LogP contribution < -0.4 is 10.2 Å². The third kappa shape index (κ3) is 3.55. The fraction of sp³-hybridized carbons (Fsp3) is 0.500. The Morgan fingerprint density at radius 2 is 1.96 bits per heavy atom. The number of fused-ring (bicyclic) bond motifs is 1. The summed E-state index contributed by atoms with van der Waals surface area (Å²) < 4.78 is 64.4. The first-order chi connectivity index (χ1) is 10.8. The van der Waals surface area contributed by atoms with E-state index in [0.717, 1.165) is 17.5 Å². The molecule has 2 aromatic heterocycles. The molecule has 3 heterocycles. The Bertz CT molecular complexity index is 692. The Morgan fingerprint density at radius 1 is 1.26 bits per heavy atom. The number of alkyl halides is 5. The van der Waals surface area contributed by atoms with E-state index in [0.29, 0.717) is 42.1 Å². The Kier molecular flexibility index (Phi) is 4.41. The minimum absolute atomic E-state index is 0.0859. The van der Waals surface area contributed by atoms with E-state index in [-0.39, 0.29) is 10.4 Å². The second-order valence-corrected chi connectivity index (χ2v) is 6.44. The van der Waals surface area contributed by atoms with Gasteiger partial charge in [0.1, 0.15) is 4.83 Å². The van der Waals surface area contributed by atoms with Gasteiger partial charge in [-0.1, -0.05) is 0 Å². The Morgan fingerprint density at radius 3 is 2.57 bits per heavy atom. The molecule has 1 fully saturated rings. The van der Waals surface area contributed by atoms with Crippen LogP contribution in [0.15, 0.2) is 12.3 Å². The van der Waals surface area contributed by atoms with Gasteiger partial charge in [-0.3, -0.25) is 0 Å². The molecule has 1 N–H and O–H groups in total. The highest BCUT2D eigenvalue weighted by atomic mass is 32.1. The number of thiophene rings is 1. The normalized spacial score (nSPS) is 16.5. The Labute approximate surface area is 133 Å². The maximum absolute atomic E-state index is 13.3. The molecule has 0 radical (unpaired) electrons. The molecule has 0 amide bonds. The van der Waals surface area contributed by atoms with Crippen molar-refractivity contribution >= 4 is 27.2 Å². The standard InChI is InChI=1S/C14H14F5N3S/c15-12(16)10-7-21-13-9(5-8(23-13)6-14(17,18)19)11(10)22-3-1-20-2-4-22/h5,7,12,20H,1-4,6H2. The van der Waals surface area contributed by atoms with Crippen molar-refractivity contribution in [1.82, 2.24) is 10.3 Å². The van der Waals surface area contributed by atoms with Crippen molar-refractivity contribution in [1.29, 1.82) is 0 Å². The minimum atomic E-state index is -4.33. The second-order valence-electron chi connectivity index (χ2n) is 5.32. The van der Waals surface area contributed by atoms with Gasteiger partial charge in [0.25, 0.3) is 6.43 Å². The molecule has 0 aromatic carbocycles. The van der Waals surface area contributed by atoms with Crippen molar-refractivity contribution in [2.24, 2.45) is 0 Å². The van der Waals surface area contributed by atoms with Crippen LogP contribution in [-0.2, 0) is 6.42 Å². The lowest BCUT2D eigenvalue weighted by Gasteiger charge is -2.31. The molecule has 0 unspecified atom stereocenters. The van der Waals surface area contributed by atoms with E-state index in [1.54, 1.807) is 4.90 Å². The lowest BCUT2D eigenvalue weighted by Crippen LogP contribution is -2.44. The van der Waals surface area contributed by atoms with Crippen LogP contribution in [0.25, 0.3) is 10.2 Å². The van der Waals surface area contributed by atoms with Crippen molar-refractivity contribution in [3.8, 4) is 0 Å². The SMILES string of the molecule is FC(F)c1cnc2sc(CC(F)(F)F)cc2c1N1CCNCC1. The Balaban J connectivity index is 2.10. The summed E-state index contributed by atoms with van der Waals surface area (Å²) in [4.78, 5) is 6.18. The van der Waals surface area contributed by atoms with Crippen LogP contribution >= 0.6 is 11.3 Å². The molecule has 1 aliphatic rings. The fourth-order valence-corrected chi connectivity index (χ4v) is 3.76. The van der Waals surface area contributed by atoms with Gasteiger partial charge >= 0.3 is 6.18 Å². The lowest BCUT2D eigenvalue weighted by atomic mass is 10.1. The summed E-state index contributed by atoms with van der Waals surface area (Å²) in [5.41, 5.74) is 0.0898. The highest BCUT2D eigenvalue weighted by molar-refractivity contribution is 7.18. The third-order valence-corrected chi connectivity index (χ3v) is 4.70. The summed E-state index contributed by atoms with van der Waals surface area (Å²) in [6, 6.07) is 1.35. The van der Waals surface area contributed by atoms with Crippen molar-refractivity contribution in [2.75, 3.05) is 31.1 Å². The summed E-state index contributed by atoms with van der Waals surface area (Å²) in [5.74, 6) is 0. The van der Waals surface area contributed by atoms with Gasteiger partial charge in [0.2, 0.25) is 0 Å². The number of hydrogen-bond acceptors (Lipinski definition) is 4. The van der Waals surface area contributed by atoms with Gasteiger partial charge in [-0.2, -0.15) is 13.2 Å². The molecule has 126 valence electrons. The van der Waals surface area contributed by atoms with E-state index in [1.807, 2.05) is 0 Å². The molecular weight excluding hydrogens is 337 g/mol. The number of hydrogen-bond donors (Lipinski definition) is 1. The first-order valence-electron chi connectivity index (χ1n) is 7.07. The number of rotatable bonds is 3. The molecule has 0 saturated carbocycles. The Hall–Kier alpha value is -1.48. The van der Waals surface area contributed by atoms with E-state index >= 15 is 0 Å². The molecule has 23 heavy (non-hydrogen) atoms. The molecule has 0 aliphatic carbocycles. The van der Waals surface area contributed by atoms with Crippen LogP contribution in [0.5, 0.6) is 0 Å². The number of halogens is 5. The van der Waals surface area contributed by atoms with Crippen molar-refractivity contribution in [2.45, 2.75) is 19.0 Å². The molecule has 3 rings (SSSR count). The summed E-state index contributed by atoms with van der Waals surface area (Å²) in [7, 11) is 0. The van der Waals surface area contributed by atoms with Gasteiger partial charge in [0.05, 0.1) is 17.7 Å². The zero-order valence-corrected chi connectivity index (χ0v) is 12.8. The van der Waals surface area contributed by atoms with Gasteiger partial charge in [0, 0.05) is 42.6 Å². The quantitative estimate of drug-likeness (QED) is 0.854. The predicted octanol–water partition coefficient (Wildman–Crippen LogP) is 3.75. The van der Waals surface area contributed by atoms with Crippen molar-refractivity contribution in [3.05, 3.63) is 22.7 Å². The summed E-state index contributed by atoms with van der Waals surface area (Å²) in [5, 5.41) is 3.51. The number of pyridine rings is 1. The number of nitrogens with one attached hydrogen (secondary N) is 1. The number of nitrogens with zero attached hydrogens (tertiary/aromatic N) is 2. The molecule has 0 bridgehead atoms. The number of anilines is 1. The maximum Gasteiger partial charge on any atom is 0.393 e. The van der Waals surface area contributed by atoms with Crippen molar-refractivity contribution in [3.63, 3.8) is 0 Å². The molecule has 9 heteroatoms. The molecule has 0 spiro atoms. The van der Waals surface area contributed by atoms with E-state index in [4.69, 9.17) is 0 Å². The first kappa shape index (κ1) is 16.4. The summed E-state index contributed by atoms with van der Waals surface area (Å²) in [6.45, 7) is 2.35. The monoisotopic (exact) mass is 351 g/mol. The molecule has 1 aliphatic heterocycles. The smallest absolute Gasteiger partial charge is 0.368 e. The van der Waals surface area contributed by atoms with Crippen LogP contribution in [0.4, 0.5) is 27.6 Å². The molecular formula is C14H14F5N3S. The lowest BCUT2D eigenvalue weighted by molar-refractivity contribution is -0.126. The highest BCUT2D eigenvalue weighted by Crippen LogP contribution is 2.40. The van der Waals surface area contributed by atoms with E-state index in [1.165, 1.54) is 6.07 Å². The molecule has 2 aromatic rings. The number of aromatic nitrogens is 1. The van der Waals surface area contributed by atoms with Gasteiger partial charge < -0.3 is 10.2 Å². The van der Waals surface area contributed by atoms with E-state index in [2.05, 4.69) is 10.3 Å². The van der Waals surface area contributed by atoms with Crippen LogP contribution in [-0.4, -0.2) is 37.3 Å². The first-order valence-corrected chi connectivity index (χ1v) is 7.88. The average Bonchev–Trinajstić information content (AvgIpc) is 2.86. The number of piperazine rings is 1. The van der Waals surface area contributed by atoms with Gasteiger partial charge in [0.15, 0.2) is 0 Å². The minimum Gasteiger partial charge on any atom is -0.368 e. The highest BCUT2D eigenvalue weighted by Gasteiger charge is 2.30. The predicted molar refractivity (Wildman–Crippen MR) is 79.4 cm³/mol. The maximum atomic E-state index is 13.3. The summed E-state index contributed by atoms with van der Waals surface area (Å²) in [6.07, 6.45) is -7.04. The average molecular weight is 351 g/mol. The van der Waals surface area contributed by atoms with Crippen LogP contribution in [0, 0.1) is 0 Å². The zero-order chi connectivity index (χ0) is 16.6. The third-order valence-electron chi connectivity index (χ3n) is 3.66. The largest absolute Gasteiger partial charge is 0.393 e. The van der Waals surface area contributed by atoms with Gasteiger partial charge in [-0.25, -0.2) is 13.8 Å². The van der Waals surface area contributed by atoms with Gasteiger partial charge in [-0.15, -0.1) is 11.3 Å². The van der Waals surface area contributed by atoms with Crippen LogP contribution in [0.3, 0.4) is 0 Å². The molecule has 1 saturated heterocycles. The fourth-order valence-electron chi connectivity index (χ4n) is 2.73. The topological polar surface area (TPSA) is 28.2 Å². The molecule has 0 atom stereocenters. The summed E-state index contributed by atoms with van der Waals surface area (Å²) >= 11 is 0.904. The van der Waals surface area contributed by atoms with Crippen LogP contribution in [0.1, 0.15) is 16.9 Å². The zero-order valence-electron chi connectivity index (χ0n) is 12.0. The van der Waals surface area contributed by atoms with E-state index < -0.39 is 19.0 Å².